The molecule has 0 saturated heterocycles. The molecule has 18 heavy (non-hydrogen) atoms. The van der Waals surface area contributed by atoms with Gasteiger partial charge < -0.3 is 5.32 Å². The summed E-state index contributed by atoms with van der Waals surface area (Å²) in [4.78, 5) is 0. The predicted octanol–water partition coefficient (Wildman–Crippen LogP) is 2.96. The van der Waals surface area contributed by atoms with Crippen LogP contribution in [0.1, 0.15) is 30.6 Å². The summed E-state index contributed by atoms with van der Waals surface area (Å²) < 4.78 is 17.1. The van der Waals surface area contributed by atoms with E-state index in [1.54, 1.807) is 12.1 Å². The van der Waals surface area contributed by atoms with Gasteiger partial charge in [0.2, 0.25) is 0 Å². The Bertz CT molecular complexity index is 473. The number of rotatable bonds is 6. The van der Waals surface area contributed by atoms with Crippen molar-refractivity contribution in [3.05, 3.63) is 46.7 Å². The molecule has 5 heteroatoms. The van der Waals surface area contributed by atoms with E-state index >= 15 is 0 Å². The number of hydrogen-bond donors (Lipinski definition) is 1. The van der Waals surface area contributed by atoms with Gasteiger partial charge in [0.05, 0.1) is 11.7 Å². The third kappa shape index (κ3) is 3.58. The van der Waals surface area contributed by atoms with Crippen molar-refractivity contribution in [2.45, 2.75) is 25.8 Å². The molecule has 3 nitrogen and oxygen atoms in total. The molecule has 0 bridgehead atoms. The van der Waals surface area contributed by atoms with E-state index < -0.39 is 0 Å². The average Bonchev–Trinajstić information content (AvgIpc) is 2.88. The minimum atomic E-state index is -0.196. The van der Waals surface area contributed by atoms with Crippen molar-refractivity contribution < 1.29 is 4.39 Å². The number of benzene rings is 1. The van der Waals surface area contributed by atoms with E-state index in [4.69, 9.17) is 0 Å². The zero-order valence-corrected chi connectivity index (χ0v) is 11.1. The van der Waals surface area contributed by atoms with Crippen LogP contribution in [0.2, 0.25) is 0 Å². The van der Waals surface area contributed by atoms with E-state index in [2.05, 4.69) is 21.8 Å². The lowest BCUT2D eigenvalue weighted by molar-refractivity contribution is 0.515. The summed E-state index contributed by atoms with van der Waals surface area (Å²) in [5, 5.41) is 9.46. The Labute approximate surface area is 110 Å². The van der Waals surface area contributed by atoms with Gasteiger partial charge in [-0.15, -0.1) is 5.10 Å². The molecule has 1 aromatic heterocycles. The number of aromatic nitrogens is 2. The monoisotopic (exact) mass is 265 g/mol. The van der Waals surface area contributed by atoms with Gasteiger partial charge in [0.25, 0.3) is 0 Å². The van der Waals surface area contributed by atoms with Crippen molar-refractivity contribution in [1.82, 2.24) is 14.9 Å². The molecular formula is C13H16FN3S. The summed E-state index contributed by atoms with van der Waals surface area (Å²) in [6.07, 6.45) is 1.78. The zero-order valence-electron chi connectivity index (χ0n) is 10.3. The van der Waals surface area contributed by atoms with Gasteiger partial charge in [-0.25, -0.2) is 4.39 Å². The van der Waals surface area contributed by atoms with Gasteiger partial charge in [-0.05, 0) is 48.6 Å². The van der Waals surface area contributed by atoms with E-state index in [-0.39, 0.29) is 11.9 Å². The fraction of sp³-hybridized carbons (Fsp3) is 0.385. The molecule has 0 spiro atoms. The first kappa shape index (κ1) is 13.1. The summed E-state index contributed by atoms with van der Waals surface area (Å²) in [6.45, 7) is 3.03. The highest BCUT2D eigenvalue weighted by atomic mass is 32.1. The van der Waals surface area contributed by atoms with Crippen LogP contribution in [0.15, 0.2) is 29.6 Å². The summed E-state index contributed by atoms with van der Waals surface area (Å²) in [7, 11) is 0. The highest BCUT2D eigenvalue weighted by molar-refractivity contribution is 7.03. The van der Waals surface area contributed by atoms with Gasteiger partial charge in [-0.3, -0.25) is 0 Å². The quantitative estimate of drug-likeness (QED) is 0.872. The maximum absolute atomic E-state index is 13.2. The van der Waals surface area contributed by atoms with Crippen molar-refractivity contribution in [3.63, 3.8) is 0 Å². The lowest BCUT2D eigenvalue weighted by Gasteiger charge is -2.16. The van der Waals surface area contributed by atoms with Gasteiger partial charge in [0, 0.05) is 5.38 Å². The van der Waals surface area contributed by atoms with Crippen LogP contribution >= 0.6 is 11.5 Å². The van der Waals surface area contributed by atoms with E-state index in [1.165, 1.54) is 17.6 Å². The number of hydrogen-bond acceptors (Lipinski definition) is 4. The second kappa shape index (κ2) is 6.56. The van der Waals surface area contributed by atoms with Crippen molar-refractivity contribution >= 4 is 11.5 Å². The van der Waals surface area contributed by atoms with Crippen LogP contribution in [0.4, 0.5) is 4.39 Å². The molecule has 96 valence electrons. The molecule has 0 saturated carbocycles. The Morgan fingerprint density at radius 3 is 3.00 bits per heavy atom. The Balaban J connectivity index is 2.10. The lowest BCUT2D eigenvalue weighted by atomic mass is 10.0. The molecule has 0 aliphatic carbocycles. The van der Waals surface area contributed by atoms with Crippen molar-refractivity contribution in [2.24, 2.45) is 0 Å². The van der Waals surface area contributed by atoms with Gasteiger partial charge in [0.1, 0.15) is 5.82 Å². The van der Waals surface area contributed by atoms with Gasteiger partial charge >= 0.3 is 0 Å². The lowest BCUT2D eigenvalue weighted by Crippen LogP contribution is -2.24. The predicted molar refractivity (Wildman–Crippen MR) is 71.0 cm³/mol. The maximum Gasteiger partial charge on any atom is 0.123 e. The normalized spacial score (nSPS) is 12.6. The van der Waals surface area contributed by atoms with E-state index in [0.29, 0.717) is 0 Å². The molecule has 1 N–H and O–H groups in total. The largest absolute Gasteiger partial charge is 0.308 e. The second-order valence-corrected chi connectivity index (χ2v) is 4.78. The highest BCUT2D eigenvalue weighted by Gasteiger charge is 2.14. The topological polar surface area (TPSA) is 37.8 Å². The van der Waals surface area contributed by atoms with Crippen LogP contribution in [0.3, 0.4) is 0 Å². The van der Waals surface area contributed by atoms with Gasteiger partial charge in [-0.2, -0.15) is 0 Å². The zero-order chi connectivity index (χ0) is 12.8. The van der Waals surface area contributed by atoms with Crippen molar-refractivity contribution in [3.8, 4) is 0 Å². The van der Waals surface area contributed by atoms with E-state index in [1.807, 2.05) is 11.4 Å². The first-order valence-corrected chi connectivity index (χ1v) is 6.88. The molecule has 0 fully saturated rings. The second-order valence-electron chi connectivity index (χ2n) is 4.17. The van der Waals surface area contributed by atoms with Crippen LogP contribution in [0.5, 0.6) is 0 Å². The maximum atomic E-state index is 13.2. The SMILES string of the molecule is CCCNC(Cc1cccc(F)c1)c1csnn1. The van der Waals surface area contributed by atoms with Crippen LogP contribution in [-0.2, 0) is 6.42 Å². The molecule has 1 atom stereocenters. The van der Waals surface area contributed by atoms with Crippen LogP contribution in [0, 0.1) is 5.82 Å². The minimum Gasteiger partial charge on any atom is -0.308 e. The molecule has 0 radical (unpaired) electrons. The van der Waals surface area contributed by atoms with Crippen molar-refractivity contribution in [2.75, 3.05) is 6.54 Å². The van der Waals surface area contributed by atoms with Crippen LogP contribution in [0.25, 0.3) is 0 Å². The molecule has 1 aromatic carbocycles. The van der Waals surface area contributed by atoms with Crippen LogP contribution < -0.4 is 5.32 Å². The Kier molecular flexibility index (Phi) is 4.78. The molecule has 2 rings (SSSR count). The third-order valence-corrected chi connectivity index (χ3v) is 3.23. The Hall–Kier alpha value is -1.33. The van der Waals surface area contributed by atoms with Crippen molar-refractivity contribution in [1.29, 1.82) is 0 Å². The summed E-state index contributed by atoms with van der Waals surface area (Å²) in [5.41, 5.74) is 1.90. The number of halogens is 1. The molecule has 0 amide bonds. The van der Waals surface area contributed by atoms with E-state index in [9.17, 15) is 4.39 Å². The number of nitrogens with zero attached hydrogens (tertiary/aromatic N) is 2. The Morgan fingerprint density at radius 1 is 1.44 bits per heavy atom. The fourth-order valence-corrected chi connectivity index (χ4v) is 2.33. The van der Waals surface area contributed by atoms with Gasteiger partial charge in [0.15, 0.2) is 0 Å². The van der Waals surface area contributed by atoms with E-state index in [0.717, 1.165) is 30.6 Å². The molecule has 0 aliphatic heterocycles. The van der Waals surface area contributed by atoms with Gasteiger partial charge in [-0.1, -0.05) is 23.5 Å². The molecule has 1 heterocycles. The first-order chi connectivity index (χ1) is 8.79. The first-order valence-electron chi connectivity index (χ1n) is 6.04. The molecule has 1 unspecified atom stereocenters. The summed E-state index contributed by atoms with van der Waals surface area (Å²) >= 11 is 1.34. The van der Waals surface area contributed by atoms with Crippen LogP contribution in [-0.4, -0.2) is 16.1 Å². The smallest absolute Gasteiger partial charge is 0.123 e. The minimum absolute atomic E-state index is 0.102. The standard InChI is InChI=1S/C13H16FN3S/c1-2-6-15-12(13-9-18-17-16-13)8-10-4-3-5-11(14)7-10/h3-5,7,9,12,15H,2,6,8H2,1H3. The molecular weight excluding hydrogens is 249 g/mol. The summed E-state index contributed by atoms with van der Waals surface area (Å²) in [5.74, 6) is -0.196. The average molecular weight is 265 g/mol. The fourth-order valence-electron chi connectivity index (χ4n) is 1.82. The Morgan fingerprint density at radius 2 is 2.33 bits per heavy atom. The molecule has 0 aliphatic rings. The highest BCUT2D eigenvalue weighted by Crippen LogP contribution is 2.18. The molecule has 2 aromatic rings. The summed E-state index contributed by atoms with van der Waals surface area (Å²) in [6, 6.07) is 6.80. The third-order valence-electron chi connectivity index (χ3n) is 2.70. The number of nitrogens with one attached hydrogen (secondary N) is 1.